The van der Waals surface area contributed by atoms with Gasteiger partial charge in [-0.3, -0.25) is 10.1 Å². The number of sulfonamides is 1. The lowest BCUT2D eigenvalue weighted by Crippen LogP contribution is -2.32. The molecule has 0 aromatic heterocycles. The second-order valence-corrected chi connectivity index (χ2v) is 6.75. The molecule has 1 saturated carbocycles. The molecule has 0 atom stereocenters. The molecule has 1 fully saturated rings. The van der Waals surface area contributed by atoms with Gasteiger partial charge in [0.2, 0.25) is 15.8 Å². The highest BCUT2D eigenvalue weighted by Crippen LogP contribution is 2.27. The topological polar surface area (TPSA) is 89.3 Å². The molecule has 0 heterocycles. The minimum Gasteiger partial charge on any atom is -0.258 e. The molecular weight excluding hydrogens is 287 g/mol. The molecule has 0 amide bonds. The van der Waals surface area contributed by atoms with Crippen LogP contribution in [0, 0.1) is 28.8 Å². The highest BCUT2D eigenvalue weighted by molar-refractivity contribution is 7.89. The second-order valence-electron chi connectivity index (χ2n) is 4.98. The maximum absolute atomic E-state index is 13.5. The molecule has 1 aliphatic rings. The Morgan fingerprint density at radius 3 is 2.60 bits per heavy atom. The molecule has 1 aromatic carbocycles. The van der Waals surface area contributed by atoms with Gasteiger partial charge in [0.25, 0.3) is 0 Å². The minimum absolute atomic E-state index is 0.0665. The summed E-state index contributed by atoms with van der Waals surface area (Å²) in [4.78, 5) is 9.53. The number of nitrogens with one attached hydrogen (secondary N) is 1. The lowest BCUT2D eigenvalue weighted by molar-refractivity contribution is -0.387. The Morgan fingerprint density at radius 1 is 1.45 bits per heavy atom. The molecule has 110 valence electrons. The fourth-order valence-electron chi connectivity index (χ4n) is 2.01. The normalized spacial score (nSPS) is 15.9. The Balaban J connectivity index is 2.28. The van der Waals surface area contributed by atoms with Crippen molar-refractivity contribution in [2.75, 3.05) is 6.54 Å². The number of aryl methyl sites for hydroxylation is 1. The van der Waals surface area contributed by atoms with E-state index in [9.17, 15) is 22.9 Å². The van der Waals surface area contributed by atoms with Crippen molar-refractivity contribution in [3.05, 3.63) is 33.6 Å². The molecule has 0 unspecified atom stereocenters. The summed E-state index contributed by atoms with van der Waals surface area (Å²) in [6.07, 6.45) is 3.05. The third-order valence-electron chi connectivity index (χ3n) is 3.50. The van der Waals surface area contributed by atoms with Crippen LogP contribution >= 0.6 is 0 Å². The van der Waals surface area contributed by atoms with Gasteiger partial charge in [0.05, 0.1) is 9.82 Å². The average Bonchev–Trinajstić information content (AvgIpc) is 2.29. The van der Waals surface area contributed by atoms with Crippen LogP contribution in [0.3, 0.4) is 0 Å². The number of rotatable bonds is 5. The molecule has 8 heteroatoms. The number of hydrogen-bond acceptors (Lipinski definition) is 4. The Bertz CT molecular complexity index is 641. The predicted octanol–water partition coefficient (Wildman–Crippen LogP) is 2.12. The summed E-state index contributed by atoms with van der Waals surface area (Å²) in [6.45, 7) is 1.61. The second kappa shape index (κ2) is 5.45. The maximum Gasteiger partial charge on any atom is 0.306 e. The number of nitro groups is 1. The molecule has 1 N–H and O–H groups in total. The number of halogens is 1. The van der Waals surface area contributed by atoms with Crippen LogP contribution in [0.2, 0.25) is 0 Å². The van der Waals surface area contributed by atoms with Crippen molar-refractivity contribution in [2.45, 2.75) is 31.1 Å². The Kier molecular flexibility index (Phi) is 4.05. The summed E-state index contributed by atoms with van der Waals surface area (Å²) < 4.78 is 40.1. The fourth-order valence-corrected chi connectivity index (χ4v) is 3.23. The van der Waals surface area contributed by atoms with Crippen molar-refractivity contribution in [3.8, 4) is 0 Å². The Labute approximate surface area is 116 Å². The van der Waals surface area contributed by atoms with Crippen LogP contribution in [0.15, 0.2) is 17.0 Å². The monoisotopic (exact) mass is 302 g/mol. The smallest absolute Gasteiger partial charge is 0.258 e. The first kappa shape index (κ1) is 14.9. The Morgan fingerprint density at radius 2 is 2.10 bits per heavy atom. The van der Waals surface area contributed by atoms with E-state index in [1.54, 1.807) is 0 Å². The molecule has 1 aliphatic carbocycles. The first-order valence-corrected chi connectivity index (χ1v) is 7.74. The summed E-state index contributed by atoms with van der Waals surface area (Å²) in [6, 6.07) is 1.86. The summed E-state index contributed by atoms with van der Waals surface area (Å²) in [5.74, 6) is -0.686. The first-order valence-electron chi connectivity index (χ1n) is 6.25. The van der Waals surface area contributed by atoms with Gasteiger partial charge in [0.15, 0.2) is 0 Å². The molecule has 0 bridgehead atoms. The van der Waals surface area contributed by atoms with E-state index in [0.29, 0.717) is 12.5 Å². The quantitative estimate of drug-likeness (QED) is 0.666. The number of nitrogens with zero attached hydrogens (tertiary/aromatic N) is 1. The largest absolute Gasteiger partial charge is 0.306 e. The van der Waals surface area contributed by atoms with Crippen molar-refractivity contribution in [3.63, 3.8) is 0 Å². The van der Waals surface area contributed by atoms with Gasteiger partial charge in [-0.1, -0.05) is 6.42 Å². The van der Waals surface area contributed by atoms with Crippen LogP contribution in [-0.4, -0.2) is 19.9 Å². The number of nitro benzene ring substituents is 1. The predicted molar refractivity (Wildman–Crippen MR) is 70.3 cm³/mol. The van der Waals surface area contributed by atoms with E-state index < -0.39 is 26.5 Å². The van der Waals surface area contributed by atoms with Gasteiger partial charge in [-0.05, 0) is 37.3 Å². The van der Waals surface area contributed by atoms with E-state index in [1.165, 1.54) is 6.92 Å². The lowest BCUT2D eigenvalue weighted by atomic mass is 9.86. The standard InChI is InChI=1S/C12H15FN2O4S/c1-8-5-10(6-11(12(8)13)15(16)17)20(18,19)14-7-9-3-2-4-9/h5-6,9,14H,2-4,7H2,1H3. The first-order chi connectivity index (χ1) is 9.31. The van der Waals surface area contributed by atoms with Crippen LogP contribution in [0.4, 0.5) is 10.1 Å². The fraction of sp³-hybridized carbons (Fsp3) is 0.500. The van der Waals surface area contributed by atoms with Crippen molar-refractivity contribution < 1.29 is 17.7 Å². The lowest BCUT2D eigenvalue weighted by Gasteiger charge is -2.25. The van der Waals surface area contributed by atoms with E-state index in [2.05, 4.69) is 4.72 Å². The zero-order chi connectivity index (χ0) is 14.9. The van der Waals surface area contributed by atoms with E-state index in [4.69, 9.17) is 0 Å². The van der Waals surface area contributed by atoms with Crippen molar-refractivity contribution >= 4 is 15.7 Å². The molecule has 20 heavy (non-hydrogen) atoms. The van der Waals surface area contributed by atoms with Crippen molar-refractivity contribution in [2.24, 2.45) is 5.92 Å². The summed E-state index contributed by atoms with van der Waals surface area (Å²) >= 11 is 0. The van der Waals surface area contributed by atoms with Crippen LogP contribution in [0.25, 0.3) is 0 Å². The molecule has 6 nitrogen and oxygen atoms in total. The summed E-state index contributed by atoms with van der Waals surface area (Å²) in [5, 5.41) is 10.7. The van der Waals surface area contributed by atoms with Gasteiger partial charge >= 0.3 is 5.69 Å². The Hall–Kier alpha value is -1.54. The van der Waals surface area contributed by atoms with Crippen LogP contribution in [-0.2, 0) is 10.0 Å². The van der Waals surface area contributed by atoms with Gasteiger partial charge < -0.3 is 0 Å². The molecular formula is C12H15FN2O4S. The van der Waals surface area contributed by atoms with Crippen LogP contribution < -0.4 is 4.72 Å². The zero-order valence-corrected chi connectivity index (χ0v) is 11.7. The highest BCUT2D eigenvalue weighted by atomic mass is 32.2. The van der Waals surface area contributed by atoms with Crippen LogP contribution in [0.5, 0.6) is 0 Å². The number of hydrogen-bond donors (Lipinski definition) is 1. The molecule has 0 spiro atoms. The molecule has 0 aliphatic heterocycles. The van der Waals surface area contributed by atoms with Gasteiger partial charge in [-0.2, -0.15) is 4.39 Å². The van der Waals surface area contributed by atoms with Gasteiger partial charge in [0, 0.05) is 12.6 Å². The summed E-state index contributed by atoms with van der Waals surface area (Å²) in [5.41, 5.74) is -0.891. The zero-order valence-electron chi connectivity index (χ0n) is 10.9. The van der Waals surface area contributed by atoms with Crippen molar-refractivity contribution in [1.29, 1.82) is 0 Å². The maximum atomic E-state index is 13.5. The van der Waals surface area contributed by atoms with Gasteiger partial charge in [-0.25, -0.2) is 13.1 Å². The third-order valence-corrected chi connectivity index (χ3v) is 4.91. The molecule has 1 aromatic rings. The van der Waals surface area contributed by atoms with E-state index in [0.717, 1.165) is 31.4 Å². The third kappa shape index (κ3) is 2.96. The SMILES string of the molecule is Cc1cc(S(=O)(=O)NCC2CCC2)cc([N+](=O)[O-])c1F. The summed E-state index contributed by atoms with van der Waals surface area (Å²) in [7, 11) is -3.85. The molecule has 2 rings (SSSR count). The van der Waals surface area contributed by atoms with E-state index in [-0.39, 0.29) is 10.5 Å². The minimum atomic E-state index is -3.85. The molecule has 0 saturated heterocycles. The number of benzene rings is 1. The molecule has 0 radical (unpaired) electrons. The highest BCUT2D eigenvalue weighted by Gasteiger charge is 2.25. The van der Waals surface area contributed by atoms with E-state index in [1.807, 2.05) is 0 Å². The van der Waals surface area contributed by atoms with Crippen molar-refractivity contribution in [1.82, 2.24) is 4.72 Å². The van der Waals surface area contributed by atoms with E-state index >= 15 is 0 Å². The van der Waals surface area contributed by atoms with Gasteiger partial charge in [0.1, 0.15) is 0 Å². The van der Waals surface area contributed by atoms with Crippen LogP contribution in [0.1, 0.15) is 24.8 Å². The van der Waals surface area contributed by atoms with Gasteiger partial charge in [-0.15, -0.1) is 0 Å². The average molecular weight is 302 g/mol.